The topological polar surface area (TPSA) is 109 Å². The fraction of sp³-hybridized carbons (Fsp3) is 0.250. The van der Waals surface area contributed by atoms with E-state index in [1.165, 1.54) is 6.07 Å². The van der Waals surface area contributed by atoms with Gasteiger partial charge in [0.1, 0.15) is 5.69 Å². The molecule has 128 valence electrons. The molecule has 0 radical (unpaired) electrons. The smallest absolute Gasteiger partial charge is 0.406 e. The van der Waals surface area contributed by atoms with E-state index in [1.54, 1.807) is 17.7 Å². The number of ether oxygens (including phenoxy) is 1. The van der Waals surface area contributed by atoms with E-state index in [0.29, 0.717) is 11.5 Å². The van der Waals surface area contributed by atoms with Gasteiger partial charge in [-0.3, -0.25) is 0 Å². The van der Waals surface area contributed by atoms with Crippen molar-refractivity contribution in [2.24, 2.45) is 0 Å². The zero-order chi connectivity index (χ0) is 18.0. The molecular weight excluding hydrogens is 324 g/mol. The molecule has 0 fully saturated rings. The van der Waals surface area contributed by atoms with Crippen LogP contribution in [0, 0.1) is 30.9 Å². The lowest BCUT2D eigenvalue weighted by atomic mass is 10.1. The Balaban J connectivity index is 1.90. The molecule has 2 heterocycles. The third-order valence-electron chi connectivity index (χ3n) is 3.69. The van der Waals surface area contributed by atoms with Gasteiger partial charge in [0.15, 0.2) is 12.4 Å². The summed E-state index contributed by atoms with van der Waals surface area (Å²) in [5.41, 5.74) is 3.43. The van der Waals surface area contributed by atoms with E-state index in [1.807, 2.05) is 32.0 Å². The number of para-hydroxylation sites is 1. The molecule has 9 nitrogen and oxygen atoms in total. The molecule has 0 aliphatic rings. The van der Waals surface area contributed by atoms with Crippen LogP contribution in [0.4, 0.5) is 5.82 Å². The van der Waals surface area contributed by atoms with Crippen LogP contribution >= 0.6 is 0 Å². The number of pyridine rings is 1. The predicted octanol–water partition coefficient (Wildman–Crippen LogP) is 2.47. The Kier molecular flexibility index (Phi) is 4.38. The van der Waals surface area contributed by atoms with E-state index in [2.05, 4.69) is 20.5 Å². The van der Waals surface area contributed by atoms with Gasteiger partial charge in [-0.25, -0.2) is 0 Å². The van der Waals surface area contributed by atoms with Crippen molar-refractivity contribution in [2.75, 3.05) is 0 Å². The number of nitrogens with zero attached hydrogens (tertiary/aromatic N) is 6. The van der Waals surface area contributed by atoms with E-state index in [4.69, 9.17) is 4.74 Å². The van der Waals surface area contributed by atoms with Crippen molar-refractivity contribution in [1.29, 1.82) is 0 Å². The third-order valence-corrected chi connectivity index (χ3v) is 3.69. The molecule has 0 N–H and O–H groups in total. The fourth-order valence-electron chi connectivity index (χ4n) is 2.53. The molecule has 0 amide bonds. The molecule has 3 aromatic rings. The van der Waals surface area contributed by atoms with Gasteiger partial charge >= 0.3 is 5.82 Å². The van der Waals surface area contributed by atoms with Gasteiger partial charge in [-0.1, -0.05) is 18.2 Å². The minimum atomic E-state index is -0.573. The molecule has 0 saturated heterocycles. The average molecular weight is 340 g/mol. The first-order valence-corrected chi connectivity index (χ1v) is 7.56. The second-order valence-corrected chi connectivity index (χ2v) is 5.57. The number of hydrogen-bond donors (Lipinski definition) is 0. The number of aromatic nitrogens is 5. The van der Waals surface area contributed by atoms with Crippen molar-refractivity contribution in [3.63, 3.8) is 0 Å². The van der Waals surface area contributed by atoms with E-state index < -0.39 is 4.92 Å². The predicted molar refractivity (Wildman–Crippen MR) is 88.6 cm³/mol. The van der Waals surface area contributed by atoms with Crippen molar-refractivity contribution >= 4 is 5.82 Å². The van der Waals surface area contributed by atoms with Crippen molar-refractivity contribution < 1.29 is 9.66 Å². The van der Waals surface area contributed by atoms with Gasteiger partial charge in [-0.2, -0.15) is 4.68 Å². The Morgan fingerprint density at radius 2 is 1.88 bits per heavy atom. The molecule has 2 aromatic heterocycles. The molecule has 9 heteroatoms. The quantitative estimate of drug-likeness (QED) is 0.518. The highest BCUT2D eigenvalue weighted by Gasteiger charge is 2.19. The Morgan fingerprint density at radius 1 is 1.16 bits per heavy atom. The number of benzene rings is 1. The Morgan fingerprint density at radius 3 is 2.56 bits per heavy atom. The van der Waals surface area contributed by atoms with Gasteiger partial charge < -0.3 is 14.9 Å². The highest BCUT2D eigenvalue weighted by molar-refractivity contribution is 5.46. The molecule has 0 spiro atoms. The van der Waals surface area contributed by atoms with Crippen LogP contribution in [0.15, 0.2) is 30.3 Å². The largest absolute Gasteiger partial charge is 0.477 e. The van der Waals surface area contributed by atoms with Crippen LogP contribution in [-0.4, -0.2) is 30.1 Å². The highest BCUT2D eigenvalue weighted by atomic mass is 16.6. The van der Waals surface area contributed by atoms with Gasteiger partial charge in [-0.05, 0) is 57.4 Å². The fourth-order valence-corrected chi connectivity index (χ4v) is 2.53. The van der Waals surface area contributed by atoms with Crippen LogP contribution in [0.1, 0.15) is 22.6 Å². The van der Waals surface area contributed by atoms with Crippen molar-refractivity contribution in [2.45, 2.75) is 27.4 Å². The maximum Gasteiger partial charge on any atom is 0.406 e. The number of hydrogen-bond acceptors (Lipinski definition) is 7. The van der Waals surface area contributed by atoms with E-state index in [0.717, 1.165) is 16.8 Å². The molecule has 0 unspecified atom stereocenters. The molecule has 0 aliphatic heterocycles. The van der Waals surface area contributed by atoms with Crippen LogP contribution in [0.3, 0.4) is 0 Å². The molecule has 3 rings (SSSR count). The molecule has 25 heavy (non-hydrogen) atoms. The minimum absolute atomic E-state index is 0.0215. The summed E-state index contributed by atoms with van der Waals surface area (Å²) in [6.45, 7) is 5.58. The first kappa shape index (κ1) is 16.5. The maximum atomic E-state index is 11.1. The van der Waals surface area contributed by atoms with E-state index >= 15 is 0 Å². The summed E-state index contributed by atoms with van der Waals surface area (Å²) in [6.07, 6.45) is 0. The number of aryl methyl sites for hydroxylation is 3. The summed E-state index contributed by atoms with van der Waals surface area (Å²) in [7, 11) is 0. The second-order valence-electron chi connectivity index (χ2n) is 5.57. The van der Waals surface area contributed by atoms with Crippen molar-refractivity contribution in [3.8, 4) is 11.4 Å². The zero-order valence-corrected chi connectivity index (χ0v) is 14.0. The van der Waals surface area contributed by atoms with Crippen molar-refractivity contribution in [3.05, 3.63) is 63.1 Å². The summed E-state index contributed by atoms with van der Waals surface area (Å²) >= 11 is 0. The van der Waals surface area contributed by atoms with E-state index in [-0.39, 0.29) is 18.2 Å². The van der Waals surface area contributed by atoms with Crippen LogP contribution < -0.4 is 4.74 Å². The Hall–Kier alpha value is -3.36. The van der Waals surface area contributed by atoms with Gasteiger partial charge in [0.05, 0.1) is 5.69 Å². The van der Waals surface area contributed by atoms with E-state index in [9.17, 15) is 10.1 Å². The first-order valence-electron chi connectivity index (χ1n) is 7.56. The Labute approximate surface area is 143 Å². The molecule has 0 atom stereocenters. The van der Waals surface area contributed by atoms with Crippen molar-refractivity contribution in [1.82, 2.24) is 25.2 Å². The van der Waals surface area contributed by atoms with Gasteiger partial charge in [0.25, 0.3) is 0 Å². The van der Waals surface area contributed by atoms with Crippen LogP contribution in [0.2, 0.25) is 0 Å². The number of nitro groups is 1. The second kappa shape index (κ2) is 6.63. The molecular formula is C16H16N6O3. The average Bonchev–Trinajstić information content (AvgIpc) is 3.01. The van der Waals surface area contributed by atoms with Crippen LogP contribution in [0.25, 0.3) is 5.69 Å². The number of tetrazole rings is 1. The first-order chi connectivity index (χ1) is 12.0. The summed E-state index contributed by atoms with van der Waals surface area (Å²) in [5, 5.41) is 22.8. The van der Waals surface area contributed by atoms with Crippen LogP contribution in [0.5, 0.6) is 5.75 Å². The SMILES string of the molecule is Cc1ccc(OCc2nnnn2-c2c(C)cccc2C)c([N+](=O)[O-])n1. The molecule has 0 saturated carbocycles. The lowest BCUT2D eigenvalue weighted by molar-refractivity contribution is -0.390. The van der Waals surface area contributed by atoms with Gasteiger partial charge in [-0.15, -0.1) is 5.10 Å². The zero-order valence-electron chi connectivity index (χ0n) is 14.0. The lowest BCUT2D eigenvalue weighted by Gasteiger charge is -2.11. The Bertz CT molecular complexity index is 917. The molecule has 0 aliphatic carbocycles. The highest BCUT2D eigenvalue weighted by Crippen LogP contribution is 2.25. The molecule has 1 aromatic carbocycles. The third kappa shape index (κ3) is 3.30. The standard InChI is InChI=1S/C16H16N6O3/c1-10-5-4-6-11(2)15(10)21-14(18-19-20-21)9-25-13-8-7-12(3)17-16(13)22(23)24/h4-8H,9H2,1-3H3. The lowest BCUT2D eigenvalue weighted by Crippen LogP contribution is -2.10. The van der Waals surface area contributed by atoms with Gasteiger partial charge in [0.2, 0.25) is 5.75 Å². The molecule has 0 bridgehead atoms. The summed E-state index contributed by atoms with van der Waals surface area (Å²) in [4.78, 5) is 14.5. The summed E-state index contributed by atoms with van der Waals surface area (Å²) < 4.78 is 7.15. The monoisotopic (exact) mass is 340 g/mol. The van der Waals surface area contributed by atoms with Crippen LogP contribution in [-0.2, 0) is 6.61 Å². The minimum Gasteiger partial charge on any atom is -0.477 e. The summed E-state index contributed by atoms with van der Waals surface area (Å²) in [5.74, 6) is 0.185. The summed E-state index contributed by atoms with van der Waals surface area (Å²) in [6, 6.07) is 9.05. The maximum absolute atomic E-state index is 11.1. The van der Waals surface area contributed by atoms with Gasteiger partial charge in [0, 0.05) is 6.92 Å². The normalized spacial score (nSPS) is 10.7. The number of rotatable bonds is 5.